The normalized spacial score (nSPS) is 12.2. The van der Waals surface area contributed by atoms with Gasteiger partial charge in [0.2, 0.25) is 0 Å². The highest BCUT2D eigenvalue weighted by atomic mass is 79.9. The number of nitrogens with one attached hydrogen (secondary N) is 1. The van der Waals surface area contributed by atoms with Crippen molar-refractivity contribution in [3.63, 3.8) is 0 Å². The van der Waals surface area contributed by atoms with E-state index >= 15 is 0 Å². The highest BCUT2D eigenvalue weighted by Crippen LogP contribution is 2.33. The van der Waals surface area contributed by atoms with Crippen molar-refractivity contribution in [1.82, 2.24) is 0 Å². The molecule has 0 saturated carbocycles. The van der Waals surface area contributed by atoms with Gasteiger partial charge in [0.1, 0.15) is 0 Å². The van der Waals surface area contributed by atoms with Crippen LogP contribution in [0.5, 0.6) is 0 Å². The van der Waals surface area contributed by atoms with Crippen molar-refractivity contribution >= 4 is 44.8 Å². The van der Waals surface area contributed by atoms with Gasteiger partial charge in [-0.05, 0) is 30.7 Å². The smallest absolute Gasteiger partial charge is 0.0823 e. The van der Waals surface area contributed by atoms with Crippen LogP contribution in [0.4, 0.5) is 5.69 Å². The fourth-order valence-electron chi connectivity index (χ4n) is 1.75. The number of benzene rings is 2. The number of anilines is 1. The molecule has 94 valence electrons. The van der Waals surface area contributed by atoms with Crippen molar-refractivity contribution < 1.29 is 0 Å². The number of rotatable bonds is 3. The molecule has 1 atom stereocenters. The summed E-state index contributed by atoms with van der Waals surface area (Å²) in [6.45, 7) is 2.08. The van der Waals surface area contributed by atoms with Crippen LogP contribution in [-0.4, -0.2) is 0 Å². The quantitative estimate of drug-likeness (QED) is 0.727. The summed E-state index contributed by atoms with van der Waals surface area (Å²) in [4.78, 5) is 0. The van der Waals surface area contributed by atoms with Gasteiger partial charge < -0.3 is 5.32 Å². The molecule has 4 heteroatoms. The van der Waals surface area contributed by atoms with Gasteiger partial charge in [0, 0.05) is 10.5 Å². The predicted molar refractivity (Wildman–Crippen MR) is 82.6 cm³/mol. The Kier molecular flexibility index (Phi) is 4.55. The van der Waals surface area contributed by atoms with Crippen molar-refractivity contribution in [2.45, 2.75) is 13.0 Å². The van der Waals surface area contributed by atoms with Crippen LogP contribution in [0.15, 0.2) is 46.9 Å². The van der Waals surface area contributed by atoms with Crippen LogP contribution in [0, 0.1) is 0 Å². The maximum absolute atomic E-state index is 6.16. The summed E-state index contributed by atoms with van der Waals surface area (Å²) < 4.78 is 1.07. The summed E-state index contributed by atoms with van der Waals surface area (Å²) in [5, 5.41) is 4.47. The third kappa shape index (κ3) is 3.00. The summed E-state index contributed by atoms with van der Waals surface area (Å²) in [6.07, 6.45) is 0. The fraction of sp³-hybridized carbons (Fsp3) is 0.143. The van der Waals surface area contributed by atoms with E-state index in [1.54, 1.807) is 6.07 Å². The van der Waals surface area contributed by atoms with E-state index in [2.05, 4.69) is 34.2 Å². The maximum Gasteiger partial charge on any atom is 0.0823 e. The Hall–Kier alpha value is -0.700. The van der Waals surface area contributed by atoms with Gasteiger partial charge in [-0.1, -0.05) is 63.4 Å². The standard InChI is InChI=1S/C14H12BrCl2N/c1-9(10-5-2-3-6-11(10)15)18-13-8-4-7-12(16)14(13)17/h2-9,18H,1H3. The molecule has 0 bridgehead atoms. The molecular weight excluding hydrogens is 333 g/mol. The van der Waals surface area contributed by atoms with Gasteiger partial charge in [0.15, 0.2) is 0 Å². The first-order valence-electron chi connectivity index (χ1n) is 5.54. The van der Waals surface area contributed by atoms with Crippen LogP contribution >= 0.6 is 39.1 Å². The fourth-order valence-corrected chi connectivity index (χ4v) is 2.74. The molecule has 0 aliphatic heterocycles. The van der Waals surface area contributed by atoms with E-state index < -0.39 is 0 Å². The predicted octanol–water partition coefficient (Wildman–Crippen LogP) is 5.93. The molecule has 0 aromatic heterocycles. The van der Waals surface area contributed by atoms with E-state index in [9.17, 15) is 0 Å². The molecular formula is C14H12BrCl2N. The average Bonchev–Trinajstić information content (AvgIpc) is 2.35. The highest BCUT2D eigenvalue weighted by molar-refractivity contribution is 9.10. The molecule has 0 heterocycles. The van der Waals surface area contributed by atoms with Gasteiger partial charge in [-0.2, -0.15) is 0 Å². The topological polar surface area (TPSA) is 12.0 Å². The molecule has 2 aromatic rings. The zero-order valence-corrected chi connectivity index (χ0v) is 12.9. The molecule has 0 fully saturated rings. The van der Waals surface area contributed by atoms with Crippen molar-refractivity contribution in [3.05, 3.63) is 62.5 Å². The van der Waals surface area contributed by atoms with Gasteiger partial charge in [0.05, 0.1) is 15.7 Å². The van der Waals surface area contributed by atoms with Crippen molar-refractivity contribution in [3.8, 4) is 0 Å². The molecule has 1 nitrogen and oxygen atoms in total. The van der Waals surface area contributed by atoms with E-state index in [1.807, 2.05) is 30.3 Å². The van der Waals surface area contributed by atoms with Crippen LogP contribution in [0.1, 0.15) is 18.5 Å². The molecule has 2 aromatic carbocycles. The van der Waals surface area contributed by atoms with Crippen LogP contribution in [0.2, 0.25) is 10.0 Å². The summed E-state index contributed by atoms with van der Waals surface area (Å²) in [6, 6.07) is 13.8. The molecule has 18 heavy (non-hydrogen) atoms. The number of halogens is 3. The Balaban J connectivity index is 2.24. The van der Waals surface area contributed by atoms with E-state index in [4.69, 9.17) is 23.2 Å². The van der Waals surface area contributed by atoms with Crippen molar-refractivity contribution in [2.75, 3.05) is 5.32 Å². The van der Waals surface area contributed by atoms with Crippen molar-refractivity contribution in [2.24, 2.45) is 0 Å². The molecule has 2 rings (SSSR count). The molecule has 1 N–H and O–H groups in total. The van der Waals surface area contributed by atoms with Crippen LogP contribution in [0.25, 0.3) is 0 Å². The Morgan fingerprint density at radius 3 is 2.50 bits per heavy atom. The van der Waals surface area contributed by atoms with Gasteiger partial charge >= 0.3 is 0 Å². The Morgan fingerprint density at radius 2 is 1.78 bits per heavy atom. The molecule has 1 unspecified atom stereocenters. The largest absolute Gasteiger partial charge is 0.377 e. The number of hydrogen-bond acceptors (Lipinski definition) is 1. The second kappa shape index (κ2) is 5.96. The average molecular weight is 345 g/mol. The Labute approximate surface area is 125 Å². The minimum atomic E-state index is 0.136. The first-order valence-corrected chi connectivity index (χ1v) is 7.09. The molecule has 0 spiro atoms. The SMILES string of the molecule is CC(Nc1cccc(Cl)c1Cl)c1ccccc1Br. The Bertz CT molecular complexity index is 557. The van der Waals surface area contributed by atoms with E-state index in [0.29, 0.717) is 10.0 Å². The lowest BCUT2D eigenvalue weighted by atomic mass is 10.1. The lowest BCUT2D eigenvalue weighted by Gasteiger charge is -2.18. The zero-order chi connectivity index (χ0) is 13.1. The van der Waals surface area contributed by atoms with E-state index in [-0.39, 0.29) is 6.04 Å². The van der Waals surface area contributed by atoms with Crippen LogP contribution in [-0.2, 0) is 0 Å². The van der Waals surface area contributed by atoms with E-state index in [0.717, 1.165) is 10.2 Å². The second-order valence-corrected chi connectivity index (χ2v) is 5.63. The zero-order valence-electron chi connectivity index (χ0n) is 9.75. The molecule has 0 aliphatic rings. The van der Waals surface area contributed by atoms with Crippen LogP contribution in [0.3, 0.4) is 0 Å². The van der Waals surface area contributed by atoms with Gasteiger partial charge in [-0.25, -0.2) is 0 Å². The Morgan fingerprint density at radius 1 is 1.06 bits per heavy atom. The lowest BCUT2D eigenvalue weighted by Crippen LogP contribution is -2.07. The summed E-state index contributed by atoms with van der Waals surface area (Å²) in [5.74, 6) is 0. The molecule has 0 radical (unpaired) electrons. The highest BCUT2D eigenvalue weighted by Gasteiger charge is 2.11. The molecule has 0 saturated heterocycles. The summed E-state index contributed by atoms with van der Waals surface area (Å²) in [5.41, 5.74) is 2.01. The monoisotopic (exact) mass is 343 g/mol. The summed E-state index contributed by atoms with van der Waals surface area (Å²) in [7, 11) is 0. The first-order chi connectivity index (χ1) is 8.59. The maximum atomic E-state index is 6.16. The third-order valence-electron chi connectivity index (χ3n) is 2.70. The van der Waals surface area contributed by atoms with Gasteiger partial charge in [-0.15, -0.1) is 0 Å². The van der Waals surface area contributed by atoms with Crippen molar-refractivity contribution in [1.29, 1.82) is 0 Å². The first kappa shape index (κ1) is 13.7. The van der Waals surface area contributed by atoms with Gasteiger partial charge in [0.25, 0.3) is 0 Å². The minimum Gasteiger partial charge on any atom is -0.377 e. The number of hydrogen-bond donors (Lipinski definition) is 1. The second-order valence-electron chi connectivity index (χ2n) is 3.99. The minimum absolute atomic E-state index is 0.136. The van der Waals surface area contributed by atoms with Gasteiger partial charge in [-0.3, -0.25) is 0 Å². The van der Waals surface area contributed by atoms with Crippen LogP contribution < -0.4 is 5.32 Å². The summed E-state index contributed by atoms with van der Waals surface area (Å²) >= 11 is 15.7. The molecule has 0 aliphatic carbocycles. The molecule has 0 amide bonds. The third-order valence-corrected chi connectivity index (χ3v) is 4.24. The lowest BCUT2D eigenvalue weighted by molar-refractivity contribution is 0.879. The van der Waals surface area contributed by atoms with E-state index in [1.165, 1.54) is 5.56 Å².